The zero-order chi connectivity index (χ0) is 22.6. The van der Waals surface area contributed by atoms with Crippen LogP contribution in [0.2, 0.25) is 0 Å². The second kappa shape index (κ2) is 10.4. The van der Waals surface area contributed by atoms with Crippen LogP contribution in [-0.2, 0) is 23.4 Å². The summed E-state index contributed by atoms with van der Waals surface area (Å²) in [4.78, 5) is 37.4. The number of aliphatic hydroxyl groups excluding tert-OH is 1. The highest BCUT2D eigenvalue weighted by molar-refractivity contribution is 7.36. The first-order chi connectivity index (χ1) is 14.0. The maximum Gasteiger partial charge on any atom is 0.613 e. The van der Waals surface area contributed by atoms with Crippen LogP contribution in [0.4, 0.5) is 4.39 Å². The number of rotatable bonds is 9. The molecule has 1 fully saturated rings. The summed E-state index contributed by atoms with van der Waals surface area (Å²) in [6.45, 7) is 6.01. The smallest absolute Gasteiger partial charge is 0.462 e. The molecule has 1 saturated heterocycles. The molecule has 1 aromatic rings. The van der Waals surface area contributed by atoms with Crippen molar-refractivity contribution in [2.24, 2.45) is 0 Å². The normalized spacial score (nSPS) is 25.4. The molecule has 2 rings (SSSR count). The van der Waals surface area contributed by atoms with Crippen LogP contribution < -0.4 is 16.3 Å². The fraction of sp³-hybridized carbons (Fsp3) is 0.706. The fourth-order valence-electron chi connectivity index (χ4n) is 2.77. The van der Waals surface area contributed by atoms with Gasteiger partial charge in [-0.15, -0.1) is 4.52 Å². The van der Waals surface area contributed by atoms with Crippen molar-refractivity contribution in [3.8, 4) is 0 Å². The molecule has 0 spiro atoms. The average Bonchev–Trinajstić information content (AvgIpc) is 2.95. The third-order valence-corrected chi connectivity index (χ3v) is 5.28. The van der Waals surface area contributed by atoms with Crippen LogP contribution >= 0.6 is 8.18 Å². The molecule has 2 heterocycles. The van der Waals surface area contributed by atoms with Gasteiger partial charge >= 0.3 is 19.8 Å². The summed E-state index contributed by atoms with van der Waals surface area (Å²) in [6.07, 6.45) is -5.29. The third-order valence-electron chi connectivity index (χ3n) is 4.38. The molecule has 13 heteroatoms. The highest BCUT2D eigenvalue weighted by Crippen LogP contribution is 2.32. The molecule has 11 nitrogen and oxygen atoms in total. The number of halogens is 1. The highest BCUT2D eigenvalue weighted by Gasteiger charge is 2.47. The van der Waals surface area contributed by atoms with E-state index >= 15 is 0 Å². The number of H-pyrrole nitrogens is 1. The zero-order valence-electron chi connectivity index (χ0n) is 17.0. The van der Waals surface area contributed by atoms with Crippen molar-refractivity contribution in [1.82, 2.24) is 14.6 Å². The minimum Gasteiger partial charge on any atom is -0.462 e. The van der Waals surface area contributed by atoms with E-state index in [0.717, 1.165) is 10.8 Å². The molecule has 1 aliphatic heterocycles. The van der Waals surface area contributed by atoms with Crippen LogP contribution in [-0.4, -0.2) is 57.8 Å². The summed E-state index contributed by atoms with van der Waals surface area (Å²) < 4.78 is 43.0. The number of alkyl halides is 1. The van der Waals surface area contributed by atoms with E-state index in [9.17, 15) is 28.4 Å². The van der Waals surface area contributed by atoms with Gasteiger partial charge in [0.15, 0.2) is 18.4 Å². The number of hydrogen-bond acceptors (Lipinski definition) is 8. The fourth-order valence-corrected chi connectivity index (χ4v) is 3.67. The van der Waals surface area contributed by atoms with Crippen LogP contribution in [0.15, 0.2) is 15.8 Å². The van der Waals surface area contributed by atoms with Gasteiger partial charge in [-0.05, 0) is 31.8 Å². The lowest BCUT2D eigenvalue weighted by Crippen LogP contribution is -2.37. The quantitative estimate of drug-likeness (QED) is 0.360. The molecular weight excluding hydrogens is 424 g/mol. The van der Waals surface area contributed by atoms with E-state index in [1.807, 2.05) is 4.98 Å². The van der Waals surface area contributed by atoms with Crippen molar-refractivity contribution < 1.29 is 32.9 Å². The van der Waals surface area contributed by atoms with Crippen LogP contribution in [0.3, 0.4) is 0 Å². The van der Waals surface area contributed by atoms with E-state index < -0.39 is 62.7 Å². The molecule has 0 bridgehead atoms. The van der Waals surface area contributed by atoms with Gasteiger partial charge in [-0.2, -0.15) is 0 Å². The summed E-state index contributed by atoms with van der Waals surface area (Å²) >= 11 is 0. The van der Waals surface area contributed by atoms with Crippen LogP contribution in [0.1, 0.15) is 39.0 Å². The van der Waals surface area contributed by atoms with E-state index in [1.54, 1.807) is 20.8 Å². The van der Waals surface area contributed by atoms with Gasteiger partial charge in [0.2, 0.25) is 0 Å². The molecular formula is C17H26FN3O8P+. The SMILES string of the molecule is CC[C@H](N[P+](=O)OCC1O[C@H](n2cc(C)c(=O)[nH]c2=O)C(F)[C@@H]1O)C(=O)OC(C)C. The van der Waals surface area contributed by atoms with Crippen LogP contribution in [0.25, 0.3) is 0 Å². The monoisotopic (exact) mass is 450 g/mol. The van der Waals surface area contributed by atoms with Crippen molar-refractivity contribution in [1.29, 1.82) is 0 Å². The van der Waals surface area contributed by atoms with E-state index in [-0.39, 0.29) is 11.7 Å². The molecule has 30 heavy (non-hydrogen) atoms. The number of nitrogens with one attached hydrogen (secondary N) is 2. The van der Waals surface area contributed by atoms with Crippen molar-refractivity contribution in [3.05, 3.63) is 32.6 Å². The Hall–Kier alpha value is -1.98. The summed E-state index contributed by atoms with van der Waals surface area (Å²) in [6, 6.07) is -0.866. The number of aromatic nitrogens is 2. The second-order valence-electron chi connectivity index (χ2n) is 7.11. The Bertz CT molecular complexity index is 888. The highest BCUT2D eigenvalue weighted by atomic mass is 31.1. The van der Waals surface area contributed by atoms with E-state index in [1.165, 1.54) is 6.92 Å². The Labute approximate surface area is 172 Å². The first-order valence-corrected chi connectivity index (χ1v) is 10.6. The predicted molar refractivity (Wildman–Crippen MR) is 103 cm³/mol. The summed E-state index contributed by atoms with van der Waals surface area (Å²) in [5.74, 6) is -0.590. The molecule has 168 valence electrons. The summed E-state index contributed by atoms with van der Waals surface area (Å²) in [7, 11) is -2.55. The van der Waals surface area contributed by atoms with Crippen LogP contribution in [0, 0.1) is 6.92 Å². The van der Waals surface area contributed by atoms with Gasteiger partial charge in [-0.3, -0.25) is 19.1 Å². The Morgan fingerprint density at radius 1 is 1.47 bits per heavy atom. The molecule has 6 atom stereocenters. The van der Waals surface area contributed by atoms with Gasteiger partial charge < -0.3 is 14.6 Å². The molecule has 0 aliphatic carbocycles. The van der Waals surface area contributed by atoms with Gasteiger partial charge in [-0.1, -0.05) is 12.0 Å². The molecule has 3 N–H and O–H groups in total. The van der Waals surface area contributed by atoms with Gasteiger partial charge in [0.1, 0.15) is 18.8 Å². The number of esters is 1. The number of hydrogen-bond donors (Lipinski definition) is 3. The third kappa shape index (κ3) is 5.79. The Morgan fingerprint density at radius 2 is 2.13 bits per heavy atom. The van der Waals surface area contributed by atoms with E-state index in [4.69, 9.17) is 14.0 Å². The number of aromatic amines is 1. The second-order valence-corrected chi connectivity index (χ2v) is 8.14. The molecule has 0 amide bonds. The maximum absolute atomic E-state index is 14.5. The minimum atomic E-state index is -2.55. The first kappa shape index (κ1) is 24.3. The van der Waals surface area contributed by atoms with Crippen molar-refractivity contribution in [2.45, 2.75) is 70.9 Å². The number of nitrogens with zero attached hydrogens (tertiary/aromatic N) is 1. The lowest BCUT2D eigenvalue weighted by atomic mass is 10.1. The topological polar surface area (TPSA) is 149 Å². The lowest BCUT2D eigenvalue weighted by Gasteiger charge is -2.16. The van der Waals surface area contributed by atoms with Crippen LogP contribution in [0.5, 0.6) is 0 Å². The molecule has 0 saturated carbocycles. The van der Waals surface area contributed by atoms with Gasteiger partial charge in [0.25, 0.3) is 5.56 Å². The average molecular weight is 450 g/mol. The number of carbonyl (C=O) groups excluding carboxylic acids is 1. The van der Waals surface area contributed by atoms with Gasteiger partial charge in [-0.25, -0.2) is 9.18 Å². The van der Waals surface area contributed by atoms with Crippen molar-refractivity contribution in [2.75, 3.05) is 6.61 Å². The number of aryl methyl sites for hydroxylation is 1. The number of carbonyl (C=O) groups is 1. The maximum atomic E-state index is 14.5. The number of aliphatic hydroxyl groups is 1. The molecule has 0 radical (unpaired) electrons. The Kier molecular flexibility index (Phi) is 8.39. The Balaban J connectivity index is 1.99. The van der Waals surface area contributed by atoms with Gasteiger partial charge in [0.05, 0.1) is 6.10 Å². The van der Waals surface area contributed by atoms with Gasteiger partial charge in [0, 0.05) is 11.8 Å². The first-order valence-electron chi connectivity index (χ1n) is 9.41. The largest absolute Gasteiger partial charge is 0.613 e. The molecule has 3 unspecified atom stereocenters. The minimum absolute atomic E-state index is 0.158. The number of ether oxygens (including phenoxy) is 2. The molecule has 1 aliphatic rings. The van der Waals surface area contributed by atoms with E-state index in [2.05, 4.69) is 5.09 Å². The summed E-state index contributed by atoms with van der Waals surface area (Å²) in [5, 5.41) is 12.5. The molecule has 0 aromatic carbocycles. The van der Waals surface area contributed by atoms with E-state index in [0.29, 0.717) is 6.42 Å². The van der Waals surface area contributed by atoms with Crippen molar-refractivity contribution >= 4 is 14.1 Å². The standard InChI is InChI=1S/C17H25FN3O8P/c1-5-10(16(24)28-8(2)3)20-30(26)27-7-11-13(22)12(18)15(29-11)21-6-9(4)14(23)19-17(21)25/h6,8,10-13,15,22H,5,7H2,1-4H3,(H-,19,20,23,25,26)/p+1/t10-,11?,12?,13+,15-/m0/s1. The predicted octanol–water partition coefficient (Wildman–Crippen LogP) is 0.435. The summed E-state index contributed by atoms with van der Waals surface area (Å²) in [5.41, 5.74) is -1.35. The lowest BCUT2D eigenvalue weighted by molar-refractivity contribution is -0.149. The molecule has 1 aromatic heterocycles. The van der Waals surface area contributed by atoms with Crippen molar-refractivity contribution in [3.63, 3.8) is 0 Å². The zero-order valence-corrected chi connectivity index (χ0v) is 17.9. The Morgan fingerprint density at radius 3 is 2.73 bits per heavy atom.